The van der Waals surface area contributed by atoms with E-state index in [2.05, 4.69) is 10.1 Å². The van der Waals surface area contributed by atoms with Crippen molar-refractivity contribution in [2.45, 2.75) is 32.5 Å². The van der Waals surface area contributed by atoms with Crippen molar-refractivity contribution < 1.29 is 22.3 Å². The van der Waals surface area contributed by atoms with E-state index in [0.29, 0.717) is 5.56 Å². The Balaban J connectivity index is 2.85. The van der Waals surface area contributed by atoms with Gasteiger partial charge in [-0.2, -0.15) is 13.2 Å². The van der Waals surface area contributed by atoms with Gasteiger partial charge in [-0.1, -0.05) is 13.0 Å². The van der Waals surface area contributed by atoms with Crippen molar-refractivity contribution in [1.29, 1.82) is 0 Å². The second-order valence-corrected chi connectivity index (χ2v) is 4.26. The molecule has 19 heavy (non-hydrogen) atoms. The first kappa shape index (κ1) is 15.8. The number of hydrogen-bond acceptors (Lipinski definition) is 2. The zero-order valence-corrected chi connectivity index (χ0v) is 10.9. The summed E-state index contributed by atoms with van der Waals surface area (Å²) in [4.78, 5) is 0. The van der Waals surface area contributed by atoms with Gasteiger partial charge in [-0.05, 0) is 26.0 Å². The fourth-order valence-electron chi connectivity index (χ4n) is 1.62. The van der Waals surface area contributed by atoms with Gasteiger partial charge in [0.2, 0.25) is 0 Å². The second-order valence-electron chi connectivity index (χ2n) is 4.26. The maximum atomic E-state index is 13.1. The molecule has 0 aliphatic rings. The Hall–Kier alpha value is -1.30. The van der Waals surface area contributed by atoms with E-state index in [1.54, 1.807) is 6.92 Å². The number of halogens is 4. The normalized spacial score (nSPS) is 13.4. The summed E-state index contributed by atoms with van der Waals surface area (Å²) in [6, 6.07) is 3.42. The van der Waals surface area contributed by atoms with Crippen LogP contribution in [0, 0.1) is 5.82 Å². The molecule has 108 valence electrons. The molecule has 0 bridgehead atoms. The standard InChI is InChI=1S/C13H17F4NO/c1-3-6-18-9(2)11-5-4-10(14)7-12(11)19-8-13(15,16)17/h4-5,7,9,18H,3,6,8H2,1-2H3. The molecule has 0 aromatic heterocycles. The lowest BCUT2D eigenvalue weighted by atomic mass is 10.1. The topological polar surface area (TPSA) is 21.3 Å². The lowest BCUT2D eigenvalue weighted by Gasteiger charge is -2.18. The smallest absolute Gasteiger partial charge is 0.422 e. The number of alkyl halides is 3. The van der Waals surface area contributed by atoms with E-state index in [-0.39, 0.29) is 11.8 Å². The third-order valence-electron chi connectivity index (χ3n) is 2.53. The molecule has 0 fully saturated rings. The third kappa shape index (κ3) is 5.46. The lowest BCUT2D eigenvalue weighted by molar-refractivity contribution is -0.153. The first-order chi connectivity index (χ1) is 8.83. The Labute approximate surface area is 109 Å². The Morgan fingerprint density at radius 1 is 1.32 bits per heavy atom. The third-order valence-corrected chi connectivity index (χ3v) is 2.53. The summed E-state index contributed by atoms with van der Waals surface area (Å²) in [5.41, 5.74) is 0.513. The van der Waals surface area contributed by atoms with Gasteiger partial charge in [0.25, 0.3) is 0 Å². The van der Waals surface area contributed by atoms with Crippen LogP contribution in [-0.4, -0.2) is 19.3 Å². The fourth-order valence-corrected chi connectivity index (χ4v) is 1.62. The molecule has 1 atom stereocenters. The highest BCUT2D eigenvalue weighted by Gasteiger charge is 2.29. The molecule has 0 radical (unpaired) electrons. The average molecular weight is 279 g/mol. The van der Waals surface area contributed by atoms with Gasteiger partial charge in [0.15, 0.2) is 6.61 Å². The molecule has 1 aromatic carbocycles. The Morgan fingerprint density at radius 3 is 2.58 bits per heavy atom. The quantitative estimate of drug-likeness (QED) is 0.799. The van der Waals surface area contributed by atoms with Gasteiger partial charge in [-0.3, -0.25) is 0 Å². The molecule has 0 spiro atoms. The molecule has 0 heterocycles. The van der Waals surface area contributed by atoms with Crippen LogP contribution >= 0.6 is 0 Å². The number of ether oxygens (including phenoxy) is 1. The zero-order chi connectivity index (χ0) is 14.5. The van der Waals surface area contributed by atoms with Gasteiger partial charge in [0.1, 0.15) is 11.6 Å². The van der Waals surface area contributed by atoms with Crippen molar-refractivity contribution in [2.75, 3.05) is 13.2 Å². The van der Waals surface area contributed by atoms with Crippen molar-refractivity contribution in [2.24, 2.45) is 0 Å². The Morgan fingerprint density at radius 2 is 2.00 bits per heavy atom. The van der Waals surface area contributed by atoms with Crippen LogP contribution in [0.2, 0.25) is 0 Å². The fraction of sp³-hybridized carbons (Fsp3) is 0.538. The van der Waals surface area contributed by atoms with Crippen LogP contribution in [0.25, 0.3) is 0 Å². The maximum Gasteiger partial charge on any atom is 0.422 e. The molecule has 2 nitrogen and oxygen atoms in total. The number of nitrogens with one attached hydrogen (secondary N) is 1. The van der Waals surface area contributed by atoms with E-state index in [1.165, 1.54) is 12.1 Å². The highest BCUT2D eigenvalue weighted by Crippen LogP contribution is 2.28. The molecule has 0 aliphatic carbocycles. The summed E-state index contributed by atoms with van der Waals surface area (Å²) in [7, 11) is 0. The van der Waals surface area contributed by atoms with E-state index in [0.717, 1.165) is 19.0 Å². The van der Waals surface area contributed by atoms with Crippen molar-refractivity contribution in [3.05, 3.63) is 29.6 Å². The highest BCUT2D eigenvalue weighted by molar-refractivity contribution is 5.36. The van der Waals surface area contributed by atoms with Gasteiger partial charge < -0.3 is 10.1 Å². The molecular formula is C13H17F4NO. The monoisotopic (exact) mass is 279 g/mol. The molecule has 1 rings (SSSR count). The molecule has 0 saturated carbocycles. The second kappa shape index (κ2) is 6.75. The van der Waals surface area contributed by atoms with Crippen LogP contribution in [0.5, 0.6) is 5.75 Å². The van der Waals surface area contributed by atoms with E-state index >= 15 is 0 Å². The van der Waals surface area contributed by atoms with Crippen LogP contribution in [-0.2, 0) is 0 Å². The minimum atomic E-state index is -4.44. The predicted octanol–water partition coefficient (Wildman–Crippen LogP) is 3.83. The van der Waals surface area contributed by atoms with Crippen molar-refractivity contribution in [3.63, 3.8) is 0 Å². The highest BCUT2D eigenvalue weighted by atomic mass is 19.4. The van der Waals surface area contributed by atoms with Gasteiger partial charge in [0.05, 0.1) is 0 Å². The van der Waals surface area contributed by atoms with Gasteiger partial charge >= 0.3 is 6.18 Å². The van der Waals surface area contributed by atoms with E-state index < -0.39 is 18.6 Å². The molecule has 0 amide bonds. The maximum absolute atomic E-state index is 13.1. The lowest BCUT2D eigenvalue weighted by Crippen LogP contribution is -2.23. The van der Waals surface area contributed by atoms with Crippen molar-refractivity contribution in [1.82, 2.24) is 5.32 Å². The summed E-state index contributed by atoms with van der Waals surface area (Å²) < 4.78 is 54.2. The van der Waals surface area contributed by atoms with E-state index in [4.69, 9.17) is 0 Å². The zero-order valence-electron chi connectivity index (χ0n) is 10.9. The Bertz CT molecular complexity index is 406. The predicted molar refractivity (Wildman–Crippen MR) is 64.7 cm³/mol. The minimum absolute atomic E-state index is 0.0755. The number of hydrogen-bond donors (Lipinski definition) is 1. The van der Waals surface area contributed by atoms with Crippen LogP contribution in [0.15, 0.2) is 18.2 Å². The number of benzene rings is 1. The van der Waals surface area contributed by atoms with E-state index in [9.17, 15) is 17.6 Å². The summed E-state index contributed by atoms with van der Waals surface area (Å²) in [6.45, 7) is 3.07. The first-order valence-electron chi connectivity index (χ1n) is 6.06. The summed E-state index contributed by atoms with van der Waals surface area (Å²) in [5.74, 6) is -0.697. The first-order valence-corrected chi connectivity index (χ1v) is 6.06. The van der Waals surface area contributed by atoms with E-state index in [1.807, 2.05) is 6.92 Å². The summed E-state index contributed by atoms with van der Waals surface area (Å²) in [6.07, 6.45) is -3.55. The van der Waals surface area contributed by atoms with Crippen molar-refractivity contribution >= 4 is 0 Å². The van der Waals surface area contributed by atoms with Gasteiger partial charge in [0, 0.05) is 17.7 Å². The SMILES string of the molecule is CCCNC(C)c1ccc(F)cc1OCC(F)(F)F. The largest absolute Gasteiger partial charge is 0.484 e. The van der Waals surface area contributed by atoms with Gasteiger partial charge in [-0.25, -0.2) is 4.39 Å². The molecule has 1 aromatic rings. The van der Waals surface area contributed by atoms with Crippen LogP contribution in [0.3, 0.4) is 0 Å². The molecule has 0 saturated heterocycles. The molecule has 1 N–H and O–H groups in total. The van der Waals surface area contributed by atoms with Crippen LogP contribution < -0.4 is 10.1 Å². The number of rotatable bonds is 6. The minimum Gasteiger partial charge on any atom is -0.484 e. The summed E-state index contributed by atoms with van der Waals surface area (Å²) in [5, 5.41) is 3.12. The van der Waals surface area contributed by atoms with Crippen molar-refractivity contribution in [3.8, 4) is 5.75 Å². The molecule has 0 aliphatic heterocycles. The van der Waals surface area contributed by atoms with Crippen LogP contribution in [0.1, 0.15) is 31.9 Å². The Kier molecular flexibility index (Phi) is 5.60. The van der Waals surface area contributed by atoms with Crippen LogP contribution in [0.4, 0.5) is 17.6 Å². The summed E-state index contributed by atoms with van der Waals surface area (Å²) >= 11 is 0. The van der Waals surface area contributed by atoms with Gasteiger partial charge in [-0.15, -0.1) is 0 Å². The molecular weight excluding hydrogens is 262 g/mol. The average Bonchev–Trinajstić information content (AvgIpc) is 2.32. The molecule has 1 unspecified atom stereocenters. The molecule has 6 heteroatoms.